The number of nitrogens with zero attached hydrogens (tertiary/aromatic N) is 4. The van der Waals surface area contributed by atoms with E-state index in [1.807, 2.05) is 33.7 Å². The number of aryl methyl sites for hydroxylation is 1. The van der Waals surface area contributed by atoms with Gasteiger partial charge >= 0.3 is 5.69 Å². The summed E-state index contributed by atoms with van der Waals surface area (Å²) in [5.41, 5.74) is -0.968. The van der Waals surface area contributed by atoms with Gasteiger partial charge in [-0.1, -0.05) is 19.1 Å². The standard InChI is InChI=1S/C26H33N5O5/c1-3-6-21-27-18-7-4-5-8-19(18)31(21)16-23(33)29-13-10-26(11-14-29)15-20(25(2,35)17-36-26)30-12-9-22(32)28-24(30)34/h4-5,7-9,12,20,35H,3,6,10-11,13-17H2,1-2H3,(H,28,32,34)/t20-,25-/m0/s1. The van der Waals surface area contributed by atoms with Crippen LogP contribution in [0.3, 0.4) is 0 Å². The Balaban J connectivity index is 1.30. The summed E-state index contributed by atoms with van der Waals surface area (Å²) >= 11 is 0. The topological polar surface area (TPSA) is 122 Å². The van der Waals surface area contributed by atoms with Crippen molar-refractivity contribution in [1.29, 1.82) is 0 Å². The number of aliphatic hydroxyl groups is 1. The summed E-state index contributed by atoms with van der Waals surface area (Å²) in [5, 5.41) is 11.0. The molecule has 2 saturated heterocycles. The van der Waals surface area contributed by atoms with Crippen LogP contribution in [0.25, 0.3) is 11.0 Å². The van der Waals surface area contributed by atoms with Crippen molar-refractivity contribution in [1.82, 2.24) is 24.0 Å². The van der Waals surface area contributed by atoms with E-state index in [1.165, 1.54) is 16.8 Å². The van der Waals surface area contributed by atoms with Gasteiger partial charge in [0.1, 0.15) is 18.0 Å². The number of carbonyl (C=O) groups is 1. The molecule has 2 atom stereocenters. The lowest BCUT2D eigenvalue weighted by atomic mass is 9.77. The smallest absolute Gasteiger partial charge is 0.328 e. The molecule has 10 nitrogen and oxygen atoms in total. The van der Waals surface area contributed by atoms with Crippen molar-refractivity contribution in [2.24, 2.45) is 0 Å². The number of nitrogens with one attached hydrogen (secondary N) is 1. The molecule has 0 aliphatic carbocycles. The molecule has 4 heterocycles. The quantitative estimate of drug-likeness (QED) is 0.555. The van der Waals surface area contributed by atoms with Crippen LogP contribution < -0.4 is 11.2 Å². The summed E-state index contributed by atoms with van der Waals surface area (Å²) in [4.78, 5) is 46.2. The van der Waals surface area contributed by atoms with Gasteiger partial charge in [-0.2, -0.15) is 0 Å². The van der Waals surface area contributed by atoms with Gasteiger partial charge in [-0.25, -0.2) is 9.78 Å². The fourth-order valence-corrected chi connectivity index (χ4v) is 5.56. The number of benzene rings is 1. The summed E-state index contributed by atoms with van der Waals surface area (Å²) in [6.45, 7) is 5.12. The van der Waals surface area contributed by atoms with E-state index in [2.05, 4.69) is 11.9 Å². The van der Waals surface area contributed by atoms with Crippen LogP contribution in [-0.2, 0) is 22.5 Å². The van der Waals surface area contributed by atoms with Crippen LogP contribution in [0.2, 0.25) is 0 Å². The van der Waals surface area contributed by atoms with E-state index in [9.17, 15) is 19.5 Å². The van der Waals surface area contributed by atoms with Crippen LogP contribution in [0.5, 0.6) is 0 Å². The summed E-state index contributed by atoms with van der Waals surface area (Å²) in [7, 11) is 0. The maximum Gasteiger partial charge on any atom is 0.328 e. The molecule has 2 fully saturated rings. The third-order valence-corrected chi connectivity index (χ3v) is 7.67. The molecule has 3 aromatic rings. The van der Waals surface area contributed by atoms with E-state index in [0.29, 0.717) is 32.4 Å². The molecule has 10 heteroatoms. The molecule has 2 aliphatic rings. The Kier molecular flexibility index (Phi) is 6.34. The molecule has 2 aliphatic heterocycles. The van der Waals surface area contributed by atoms with Crippen molar-refractivity contribution in [3.05, 3.63) is 63.2 Å². The fraction of sp³-hybridized carbons (Fsp3) is 0.538. The van der Waals surface area contributed by atoms with Crippen molar-refractivity contribution >= 4 is 16.9 Å². The Labute approximate surface area is 208 Å². The highest BCUT2D eigenvalue weighted by Gasteiger charge is 2.49. The van der Waals surface area contributed by atoms with Gasteiger partial charge in [0.15, 0.2) is 0 Å². The van der Waals surface area contributed by atoms with Gasteiger partial charge in [-0.05, 0) is 38.3 Å². The molecule has 192 valence electrons. The summed E-state index contributed by atoms with van der Waals surface area (Å²) in [6.07, 6.45) is 4.82. The zero-order valence-corrected chi connectivity index (χ0v) is 20.8. The van der Waals surface area contributed by atoms with E-state index in [-0.39, 0.29) is 19.1 Å². The first-order valence-corrected chi connectivity index (χ1v) is 12.6. The van der Waals surface area contributed by atoms with Gasteiger partial charge in [-0.15, -0.1) is 0 Å². The normalized spacial score (nSPS) is 23.9. The van der Waals surface area contributed by atoms with Gasteiger partial charge in [0, 0.05) is 38.2 Å². The van der Waals surface area contributed by atoms with E-state index >= 15 is 0 Å². The van der Waals surface area contributed by atoms with Gasteiger partial charge in [0.05, 0.1) is 29.3 Å². The average Bonchev–Trinajstić information content (AvgIpc) is 3.19. The number of piperidine rings is 1. The van der Waals surface area contributed by atoms with Gasteiger partial charge in [0.25, 0.3) is 5.56 Å². The second kappa shape index (κ2) is 9.33. The number of hydrogen-bond donors (Lipinski definition) is 2. The molecule has 0 radical (unpaired) electrons. The number of rotatable bonds is 5. The Morgan fingerprint density at radius 3 is 2.69 bits per heavy atom. The van der Waals surface area contributed by atoms with Gasteiger partial charge in [-0.3, -0.25) is 19.1 Å². The number of H-pyrrole nitrogens is 1. The first kappa shape index (κ1) is 24.5. The molecule has 0 bridgehead atoms. The van der Waals surface area contributed by atoms with E-state index in [0.717, 1.165) is 29.7 Å². The predicted octanol–water partition coefficient (Wildman–Crippen LogP) is 1.61. The number of aromatic amines is 1. The molecule has 0 saturated carbocycles. The van der Waals surface area contributed by atoms with E-state index in [1.54, 1.807) is 6.92 Å². The number of fused-ring (bicyclic) bond motifs is 1. The van der Waals surface area contributed by atoms with Crippen LogP contribution in [-0.4, -0.2) is 65.9 Å². The third-order valence-electron chi connectivity index (χ3n) is 7.67. The second-order valence-electron chi connectivity index (χ2n) is 10.3. The summed E-state index contributed by atoms with van der Waals surface area (Å²) in [6, 6.07) is 8.63. The number of aromatic nitrogens is 4. The number of para-hydroxylation sites is 2. The van der Waals surface area contributed by atoms with Crippen LogP contribution >= 0.6 is 0 Å². The number of imidazole rings is 1. The number of ether oxygens (including phenoxy) is 1. The maximum absolute atomic E-state index is 13.3. The molecular formula is C26H33N5O5. The zero-order valence-electron chi connectivity index (χ0n) is 20.8. The number of hydrogen-bond acceptors (Lipinski definition) is 6. The zero-order chi connectivity index (χ0) is 25.5. The fourth-order valence-electron chi connectivity index (χ4n) is 5.56. The molecule has 2 aromatic heterocycles. The van der Waals surface area contributed by atoms with Crippen LogP contribution in [0, 0.1) is 0 Å². The minimum absolute atomic E-state index is 0.0431. The van der Waals surface area contributed by atoms with Crippen LogP contribution in [0.1, 0.15) is 51.4 Å². The maximum atomic E-state index is 13.3. The molecule has 1 spiro atoms. The first-order chi connectivity index (χ1) is 17.2. The van der Waals surface area contributed by atoms with Crippen molar-refractivity contribution in [2.75, 3.05) is 19.7 Å². The second-order valence-corrected chi connectivity index (χ2v) is 10.3. The molecule has 5 rings (SSSR count). The first-order valence-electron chi connectivity index (χ1n) is 12.6. The SMILES string of the molecule is CCCc1nc2ccccc2n1CC(=O)N1CCC2(CC1)C[C@H](n1ccc(=O)[nH]c1=O)[C@@](C)(O)CO2. The Bertz CT molecular complexity index is 1380. The highest BCUT2D eigenvalue weighted by molar-refractivity contribution is 5.81. The van der Waals surface area contributed by atoms with Crippen molar-refractivity contribution < 1.29 is 14.6 Å². The Hall–Kier alpha value is -3.24. The van der Waals surface area contributed by atoms with Crippen molar-refractivity contribution in [3.63, 3.8) is 0 Å². The molecule has 36 heavy (non-hydrogen) atoms. The largest absolute Gasteiger partial charge is 0.386 e. The Morgan fingerprint density at radius 1 is 1.22 bits per heavy atom. The minimum Gasteiger partial charge on any atom is -0.386 e. The highest BCUT2D eigenvalue weighted by Crippen LogP contribution is 2.43. The lowest BCUT2D eigenvalue weighted by Gasteiger charge is -2.51. The lowest BCUT2D eigenvalue weighted by molar-refractivity contribution is -0.202. The highest BCUT2D eigenvalue weighted by atomic mass is 16.5. The number of amides is 1. The van der Waals surface area contributed by atoms with Crippen molar-refractivity contribution in [3.8, 4) is 0 Å². The van der Waals surface area contributed by atoms with Crippen molar-refractivity contribution in [2.45, 2.75) is 69.7 Å². The number of likely N-dealkylation sites (tertiary alicyclic amines) is 1. The summed E-state index contributed by atoms with van der Waals surface area (Å²) in [5.74, 6) is 0.967. The molecule has 1 aromatic carbocycles. The van der Waals surface area contributed by atoms with E-state index < -0.39 is 28.5 Å². The van der Waals surface area contributed by atoms with Crippen LogP contribution in [0.4, 0.5) is 0 Å². The average molecular weight is 496 g/mol. The van der Waals surface area contributed by atoms with Gasteiger partial charge in [0.2, 0.25) is 5.91 Å². The van der Waals surface area contributed by atoms with Crippen LogP contribution in [0.15, 0.2) is 46.1 Å². The lowest BCUT2D eigenvalue weighted by Crippen LogP contribution is -2.59. The third kappa shape index (κ3) is 4.51. The minimum atomic E-state index is -1.27. The predicted molar refractivity (Wildman–Crippen MR) is 134 cm³/mol. The molecule has 2 N–H and O–H groups in total. The monoisotopic (exact) mass is 495 g/mol. The van der Waals surface area contributed by atoms with Gasteiger partial charge < -0.3 is 19.3 Å². The molecule has 1 amide bonds. The number of carbonyl (C=O) groups excluding carboxylic acids is 1. The molecular weight excluding hydrogens is 462 g/mol. The van der Waals surface area contributed by atoms with E-state index in [4.69, 9.17) is 9.72 Å². The summed E-state index contributed by atoms with van der Waals surface area (Å²) < 4.78 is 9.61. The molecule has 0 unspecified atom stereocenters. The Morgan fingerprint density at radius 2 is 1.97 bits per heavy atom.